The van der Waals surface area contributed by atoms with Crippen LogP contribution in [0.2, 0.25) is 0 Å². The van der Waals surface area contributed by atoms with Crippen LogP contribution in [-0.2, 0) is 0 Å². The molecule has 0 atom stereocenters. The summed E-state index contributed by atoms with van der Waals surface area (Å²) in [6.07, 6.45) is 0. The molecule has 0 N–H and O–H groups in total. The van der Waals surface area contributed by atoms with Crippen LogP contribution >= 0.6 is 0 Å². The van der Waals surface area contributed by atoms with Crippen molar-refractivity contribution in [1.29, 1.82) is 0 Å². The Morgan fingerprint density at radius 2 is 0.725 bits per heavy atom. The van der Waals surface area contributed by atoms with E-state index in [1.807, 2.05) is 0 Å². The first-order chi connectivity index (χ1) is 25.3. The van der Waals surface area contributed by atoms with Crippen LogP contribution in [0.1, 0.15) is 0 Å². The van der Waals surface area contributed by atoms with Crippen LogP contribution in [0.25, 0.3) is 93.5 Å². The molecule has 0 aliphatic rings. The second-order valence-electron chi connectivity index (χ2n) is 13.4. The summed E-state index contributed by atoms with van der Waals surface area (Å²) in [4.78, 5) is 0. The standard InChI is InChI=1S/C50H33N/c1-2-11-37(12-3-1)45-14-6-8-16-48(45)51-49-17-9-7-15-46(49)47-33-44(28-29-50(47)51)36-20-18-35(19-21-36)39-24-25-42-32-43(27-26-41(42)31-39)40-23-22-34-10-4-5-13-38(34)30-40/h1-33H. The topological polar surface area (TPSA) is 4.93 Å². The summed E-state index contributed by atoms with van der Waals surface area (Å²) in [7, 11) is 0. The number of rotatable bonds is 5. The van der Waals surface area contributed by atoms with Gasteiger partial charge in [0.05, 0.1) is 16.7 Å². The van der Waals surface area contributed by atoms with Crippen LogP contribution in [0.4, 0.5) is 0 Å². The molecule has 1 heterocycles. The highest BCUT2D eigenvalue weighted by molar-refractivity contribution is 6.11. The molecule has 1 nitrogen and oxygen atoms in total. The van der Waals surface area contributed by atoms with Crippen molar-refractivity contribution < 1.29 is 0 Å². The van der Waals surface area contributed by atoms with Gasteiger partial charge in [-0.3, -0.25) is 0 Å². The van der Waals surface area contributed by atoms with Gasteiger partial charge in [0.25, 0.3) is 0 Å². The smallest absolute Gasteiger partial charge is 0.0541 e. The van der Waals surface area contributed by atoms with Gasteiger partial charge in [-0.1, -0.05) is 158 Å². The number of hydrogen-bond donors (Lipinski definition) is 0. The number of benzene rings is 9. The highest BCUT2D eigenvalue weighted by Crippen LogP contribution is 2.38. The average molecular weight is 648 g/mol. The van der Waals surface area contributed by atoms with Gasteiger partial charge in [-0.15, -0.1) is 0 Å². The number of nitrogens with zero attached hydrogens (tertiary/aromatic N) is 1. The molecule has 0 radical (unpaired) electrons. The molecule has 10 aromatic rings. The third kappa shape index (κ3) is 5.10. The Labute approximate surface area is 297 Å². The maximum absolute atomic E-state index is 2.42. The Kier molecular flexibility index (Phi) is 6.89. The van der Waals surface area contributed by atoms with Gasteiger partial charge < -0.3 is 4.57 Å². The number of aromatic nitrogens is 1. The first-order valence-corrected chi connectivity index (χ1v) is 17.6. The summed E-state index contributed by atoms with van der Waals surface area (Å²) in [5.74, 6) is 0. The summed E-state index contributed by atoms with van der Waals surface area (Å²) in [5.41, 5.74) is 13.4. The maximum atomic E-state index is 2.42. The lowest BCUT2D eigenvalue weighted by Crippen LogP contribution is -1.96. The SMILES string of the molecule is c1ccc(-c2ccccc2-n2c3ccccc3c3cc(-c4ccc(-c5ccc6cc(-c7ccc8ccccc8c7)ccc6c5)cc4)ccc32)cc1. The fourth-order valence-corrected chi connectivity index (χ4v) is 7.77. The van der Waals surface area contributed by atoms with Crippen molar-refractivity contribution >= 4 is 43.4 Å². The van der Waals surface area contributed by atoms with Gasteiger partial charge in [-0.25, -0.2) is 0 Å². The minimum atomic E-state index is 1.19. The van der Waals surface area contributed by atoms with Gasteiger partial charge >= 0.3 is 0 Å². The van der Waals surface area contributed by atoms with Crippen molar-refractivity contribution in [3.05, 3.63) is 200 Å². The van der Waals surface area contributed by atoms with Crippen LogP contribution in [-0.4, -0.2) is 4.57 Å². The quantitative estimate of drug-likeness (QED) is 0.175. The van der Waals surface area contributed by atoms with E-state index in [1.165, 1.54) is 93.5 Å². The van der Waals surface area contributed by atoms with Crippen LogP contribution in [0.5, 0.6) is 0 Å². The predicted molar refractivity (Wildman–Crippen MR) is 218 cm³/mol. The zero-order valence-corrected chi connectivity index (χ0v) is 28.0. The molecule has 0 fully saturated rings. The summed E-state index contributed by atoms with van der Waals surface area (Å²) >= 11 is 0. The fraction of sp³-hybridized carbons (Fsp3) is 0. The van der Waals surface area contributed by atoms with Crippen molar-refractivity contribution in [2.75, 3.05) is 0 Å². The van der Waals surface area contributed by atoms with Gasteiger partial charge in [-0.05, 0) is 103 Å². The molecule has 0 amide bonds. The van der Waals surface area contributed by atoms with Crippen molar-refractivity contribution in [3.8, 4) is 50.2 Å². The summed E-state index contributed by atoms with van der Waals surface area (Å²) < 4.78 is 2.42. The average Bonchev–Trinajstić information content (AvgIpc) is 3.54. The molecule has 0 spiro atoms. The van der Waals surface area contributed by atoms with E-state index in [0.717, 1.165) is 0 Å². The third-order valence-corrected chi connectivity index (χ3v) is 10.4. The van der Waals surface area contributed by atoms with Gasteiger partial charge in [0.15, 0.2) is 0 Å². The van der Waals surface area contributed by atoms with Crippen molar-refractivity contribution in [3.63, 3.8) is 0 Å². The zero-order chi connectivity index (χ0) is 33.7. The molecule has 10 rings (SSSR count). The van der Waals surface area contributed by atoms with Crippen LogP contribution in [0.3, 0.4) is 0 Å². The molecule has 238 valence electrons. The molecule has 0 aliphatic carbocycles. The summed E-state index contributed by atoms with van der Waals surface area (Å²) in [6, 6.07) is 73.0. The highest BCUT2D eigenvalue weighted by Gasteiger charge is 2.16. The van der Waals surface area contributed by atoms with Crippen LogP contribution in [0, 0.1) is 0 Å². The molecule has 0 saturated carbocycles. The van der Waals surface area contributed by atoms with Crippen molar-refractivity contribution in [1.82, 2.24) is 4.57 Å². The zero-order valence-electron chi connectivity index (χ0n) is 28.0. The molecule has 0 unspecified atom stereocenters. The second kappa shape index (κ2) is 12.0. The molecule has 0 saturated heterocycles. The first kappa shape index (κ1) is 29.2. The van der Waals surface area contributed by atoms with Gasteiger partial charge in [0.2, 0.25) is 0 Å². The molecule has 0 aliphatic heterocycles. The molecular formula is C50H33N. The minimum absolute atomic E-state index is 1.19. The highest BCUT2D eigenvalue weighted by atomic mass is 15.0. The number of para-hydroxylation sites is 2. The lowest BCUT2D eigenvalue weighted by Gasteiger charge is -2.14. The van der Waals surface area contributed by atoms with E-state index in [1.54, 1.807) is 0 Å². The van der Waals surface area contributed by atoms with Gasteiger partial charge in [-0.2, -0.15) is 0 Å². The van der Waals surface area contributed by atoms with E-state index in [-0.39, 0.29) is 0 Å². The molecule has 0 bridgehead atoms. The molecule has 1 heteroatoms. The maximum Gasteiger partial charge on any atom is 0.0541 e. The molecule has 9 aromatic carbocycles. The Morgan fingerprint density at radius 3 is 1.45 bits per heavy atom. The Hall–Kier alpha value is -6.70. The normalized spacial score (nSPS) is 11.5. The Morgan fingerprint density at radius 1 is 0.255 bits per heavy atom. The summed E-state index contributed by atoms with van der Waals surface area (Å²) in [5, 5.41) is 7.55. The van der Waals surface area contributed by atoms with Gasteiger partial charge in [0.1, 0.15) is 0 Å². The second-order valence-corrected chi connectivity index (χ2v) is 13.4. The monoisotopic (exact) mass is 647 g/mol. The van der Waals surface area contributed by atoms with E-state index in [4.69, 9.17) is 0 Å². The molecule has 51 heavy (non-hydrogen) atoms. The molecule has 1 aromatic heterocycles. The molecular weight excluding hydrogens is 615 g/mol. The third-order valence-electron chi connectivity index (χ3n) is 10.4. The Balaban J connectivity index is 0.987. The number of fused-ring (bicyclic) bond motifs is 5. The summed E-state index contributed by atoms with van der Waals surface area (Å²) in [6.45, 7) is 0. The minimum Gasteiger partial charge on any atom is -0.309 e. The van der Waals surface area contributed by atoms with E-state index in [2.05, 4.69) is 205 Å². The largest absolute Gasteiger partial charge is 0.309 e. The van der Waals surface area contributed by atoms with E-state index < -0.39 is 0 Å². The van der Waals surface area contributed by atoms with E-state index >= 15 is 0 Å². The van der Waals surface area contributed by atoms with Crippen LogP contribution in [0.15, 0.2) is 200 Å². The first-order valence-electron chi connectivity index (χ1n) is 17.6. The van der Waals surface area contributed by atoms with Crippen molar-refractivity contribution in [2.45, 2.75) is 0 Å². The van der Waals surface area contributed by atoms with Crippen molar-refractivity contribution in [2.24, 2.45) is 0 Å². The lowest BCUT2D eigenvalue weighted by atomic mass is 9.95. The fourth-order valence-electron chi connectivity index (χ4n) is 7.77. The van der Waals surface area contributed by atoms with E-state index in [0.29, 0.717) is 0 Å². The number of hydrogen-bond acceptors (Lipinski definition) is 0. The Bertz CT molecular complexity index is 2890. The predicted octanol–water partition coefficient (Wildman–Crippen LogP) is 13.8. The van der Waals surface area contributed by atoms with E-state index in [9.17, 15) is 0 Å². The lowest BCUT2D eigenvalue weighted by molar-refractivity contribution is 1.18. The van der Waals surface area contributed by atoms with Gasteiger partial charge in [0, 0.05) is 16.3 Å². The van der Waals surface area contributed by atoms with Crippen LogP contribution < -0.4 is 0 Å².